The van der Waals surface area contributed by atoms with Crippen LogP contribution >= 0.6 is 12.2 Å². The molecule has 0 aliphatic carbocycles. The fraction of sp³-hybridized carbons (Fsp3) is 0.727. The van der Waals surface area contributed by atoms with Gasteiger partial charge in [-0.2, -0.15) is 0 Å². The fourth-order valence-corrected chi connectivity index (χ4v) is 2.04. The number of likely N-dealkylation sites (N-methyl/N-ethyl adjacent to an activating group) is 1. The second kappa shape index (κ2) is 6.08. The number of hydrogen-bond acceptors (Lipinski definition) is 2. The highest BCUT2D eigenvalue weighted by Crippen LogP contribution is 2.01. The quantitative estimate of drug-likeness (QED) is 0.755. The lowest BCUT2D eigenvalue weighted by molar-refractivity contribution is 0.275. The van der Waals surface area contributed by atoms with Crippen molar-refractivity contribution in [1.82, 2.24) is 14.5 Å². The van der Waals surface area contributed by atoms with E-state index in [9.17, 15) is 0 Å². The Morgan fingerprint density at radius 3 is 2.60 bits per heavy atom. The van der Waals surface area contributed by atoms with Crippen molar-refractivity contribution in [2.75, 3.05) is 19.6 Å². The molecule has 1 aromatic heterocycles. The van der Waals surface area contributed by atoms with Crippen molar-refractivity contribution in [2.24, 2.45) is 0 Å². The van der Waals surface area contributed by atoms with Crippen LogP contribution in [0.5, 0.6) is 0 Å². The van der Waals surface area contributed by atoms with E-state index in [1.807, 2.05) is 6.20 Å². The lowest BCUT2D eigenvalue weighted by Gasteiger charge is -2.19. The SMILES string of the molecule is CCCN(CC)CCn1c(C)c[nH]c1=S. The number of nitrogens with one attached hydrogen (secondary N) is 1. The lowest BCUT2D eigenvalue weighted by atomic mass is 10.4. The molecule has 86 valence electrons. The zero-order valence-electron chi connectivity index (χ0n) is 9.92. The van der Waals surface area contributed by atoms with Gasteiger partial charge < -0.3 is 14.5 Å². The van der Waals surface area contributed by atoms with Crippen LogP contribution in [0.25, 0.3) is 0 Å². The smallest absolute Gasteiger partial charge is 0.177 e. The molecule has 0 unspecified atom stereocenters. The van der Waals surface area contributed by atoms with Gasteiger partial charge in [-0.05, 0) is 38.7 Å². The number of H-pyrrole nitrogens is 1. The summed E-state index contributed by atoms with van der Waals surface area (Å²) < 4.78 is 2.99. The van der Waals surface area contributed by atoms with E-state index in [0.29, 0.717) is 0 Å². The summed E-state index contributed by atoms with van der Waals surface area (Å²) in [7, 11) is 0. The van der Waals surface area contributed by atoms with Gasteiger partial charge in [0.15, 0.2) is 4.77 Å². The standard InChI is InChI=1S/C11H21N3S/c1-4-6-13(5-2)7-8-14-10(3)9-12-11(14)15/h9H,4-8H2,1-3H3,(H,12,15). The molecule has 0 aliphatic rings. The number of aromatic nitrogens is 2. The van der Waals surface area contributed by atoms with Gasteiger partial charge in [0.25, 0.3) is 0 Å². The highest BCUT2D eigenvalue weighted by molar-refractivity contribution is 7.71. The van der Waals surface area contributed by atoms with Crippen molar-refractivity contribution in [1.29, 1.82) is 0 Å². The maximum Gasteiger partial charge on any atom is 0.177 e. The van der Waals surface area contributed by atoms with Crippen LogP contribution in [0.2, 0.25) is 0 Å². The molecular formula is C11H21N3S. The Kier molecular flexibility index (Phi) is 5.05. The van der Waals surface area contributed by atoms with Crippen LogP contribution in [0.4, 0.5) is 0 Å². The van der Waals surface area contributed by atoms with Crippen LogP contribution in [0.1, 0.15) is 26.0 Å². The van der Waals surface area contributed by atoms with Gasteiger partial charge in [-0.15, -0.1) is 0 Å². The van der Waals surface area contributed by atoms with Crippen molar-refractivity contribution in [3.63, 3.8) is 0 Å². The molecule has 0 saturated heterocycles. The second-order valence-corrected chi connectivity index (χ2v) is 4.21. The summed E-state index contributed by atoms with van der Waals surface area (Å²) in [4.78, 5) is 5.52. The Bertz CT molecular complexity index is 340. The van der Waals surface area contributed by atoms with Crippen molar-refractivity contribution < 1.29 is 0 Å². The van der Waals surface area contributed by atoms with E-state index in [1.54, 1.807) is 0 Å². The Hall–Kier alpha value is -0.610. The van der Waals surface area contributed by atoms with Gasteiger partial charge in [0.1, 0.15) is 0 Å². The molecule has 0 aliphatic heterocycles. The molecule has 1 aromatic rings. The monoisotopic (exact) mass is 227 g/mol. The van der Waals surface area contributed by atoms with E-state index in [4.69, 9.17) is 12.2 Å². The highest BCUT2D eigenvalue weighted by atomic mass is 32.1. The molecular weight excluding hydrogens is 206 g/mol. The van der Waals surface area contributed by atoms with Crippen molar-refractivity contribution in [3.8, 4) is 0 Å². The molecule has 0 spiro atoms. The van der Waals surface area contributed by atoms with E-state index in [-0.39, 0.29) is 0 Å². The van der Waals surface area contributed by atoms with Gasteiger partial charge in [0, 0.05) is 25.0 Å². The van der Waals surface area contributed by atoms with E-state index in [1.165, 1.54) is 18.7 Å². The van der Waals surface area contributed by atoms with Crippen LogP contribution < -0.4 is 0 Å². The number of rotatable bonds is 6. The molecule has 4 heteroatoms. The van der Waals surface area contributed by atoms with E-state index in [2.05, 4.69) is 35.2 Å². The molecule has 0 saturated carbocycles. The largest absolute Gasteiger partial charge is 0.337 e. The van der Waals surface area contributed by atoms with Crippen molar-refractivity contribution >= 4 is 12.2 Å². The normalized spacial score (nSPS) is 11.2. The maximum atomic E-state index is 5.21. The number of hydrogen-bond donors (Lipinski definition) is 1. The zero-order valence-corrected chi connectivity index (χ0v) is 10.7. The van der Waals surface area contributed by atoms with Crippen molar-refractivity contribution in [3.05, 3.63) is 16.7 Å². The van der Waals surface area contributed by atoms with Crippen LogP contribution in [0.3, 0.4) is 0 Å². The van der Waals surface area contributed by atoms with E-state index in [0.717, 1.165) is 24.4 Å². The molecule has 0 radical (unpaired) electrons. The first kappa shape index (κ1) is 12.5. The molecule has 1 heterocycles. The Balaban J connectivity index is 2.52. The van der Waals surface area contributed by atoms with Crippen LogP contribution in [0, 0.1) is 11.7 Å². The van der Waals surface area contributed by atoms with Gasteiger partial charge in [-0.3, -0.25) is 0 Å². The van der Waals surface area contributed by atoms with Crippen LogP contribution in [-0.2, 0) is 6.54 Å². The van der Waals surface area contributed by atoms with Gasteiger partial charge in [0.05, 0.1) is 0 Å². The third-order valence-corrected chi connectivity index (χ3v) is 3.04. The molecule has 1 N–H and O–H groups in total. The predicted octanol–water partition coefficient (Wildman–Crippen LogP) is 2.59. The summed E-state index contributed by atoms with van der Waals surface area (Å²) in [5.41, 5.74) is 1.22. The molecule has 15 heavy (non-hydrogen) atoms. The first-order valence-electron chi connectivity index (χ1n) is 5.66. The summed E-state index contributed by atoms with van der Waals surface area (Å²) in [6.07, 6.45) is 3.18. The summed E-state index contributed by atoms with van der Waals surface area (Å²) in [6, 6.07) is 0. The number of nitrogens with zero attached hydrogens (tertiary/aromatic N) is 2. The number of aromatic amines is 1. The number of imidazole rings is 1. The Morgan fingerprint density at radius 1 is 1.40 bits per heavy atom. The Labute approximate surface area is 97.1 Å². The summed E-state index contributed by atoms with van der Waals surface area (Å²) in [5, 5.41) is 0. The topological polar surface area (TPSA) is 24.0 Å². The minimum atomic E-state index is 0.833. The van der Waals surface area contributed by atoms with Gasteiger partial charge >= 0.3 is 0 Å². The molecule has 0 aromatic carbocycles. The van der Waals surface area contributed by atoms with Gasteiger partial charge in [-0.1, -0.05) is 13.8 Å². The molecule has 0 fully saturated rings. The molecule has 0 bridgehead atoms. The third-order valence-electron chi connectivity index (χ3n) is 2.70. The minimum absolute atomic E-state index is 0.833. The first-order chi connectivity index (χ1) is 7.19. The summed E-state index contributed by atoms with van der Waals surface area (Å²) >= 11 is 5.21. The third kappa shape index (κ3) is 3.47. The van der Waals surface area contributed by atoms with E-state index < -0.39 is 0 Å². The summed E-state index contributed by atoms with van der Waals surface area (Å²) in [6.45, 7) is 10.9. The van der Waals surface area contributed by atoms with Crippen LogP contribution in [0.15, 0.2) is 6.20 Å². The molecule has 0 atom stereocenters. The molecule has 0 amide bonds. The van der Waals surface area contributed by atoms with Crippen molar-refractivity contribution in [2.45, 2.75) is 33.7 Å². The zero-order chi connectivity index (χ0) is 11.3. The van der Waals surface area contributed by atoms with Gasteiger partial charge in [-0.25, -0.2) is 0 Å². The molecule has 1 rings (SSSR count). The van der Waals surface area contributed by atoms with E-state index >= 15 is 0 Å². The van der Waals surface area contributed by atoms with Gasteiger partial charge in [0.2, 0.25) is 0 Å². The number of aryl methyl sites for hydroxylation is 1. The maximum absolute atomic E-state index is 5.21. The lowest BCUT2D eigenvalue weighted by Crippen LogP contribution is -2.28. The average Bonchev–Trinajstić information content (AvgIpc) is 2.54. The minimum Gasteiger partial charge on any atom is -0.337 e. The second-order valence-electron chi connectivity index (χ2n) is 3.82. The fourth-order valence-electron chi connectivity index (χ4n) is 1.75. The average molecular weight is 227 g/mol. The summed E-state index contributed by atoms with van der Waals surface area (Å²) in [5.74, 6) is 0. The van der Waals surface area contributed by atoms with Crippen LogP contribution in [-0.4, -0.2) is 34.1 Å². The first-order valence-corrected chi connectivity index (χ1v) is 6.07. The molecule has 3 nitrogen and oxygen atoms in total. The Morgan fingerprint density at radius 2 is 2.13 bits per heavy atom. The predicted molar refractivity (Wildman–Crippen MR) is 66.8 cm³/mol. The highest BCUT2D eigenvalue weighted by Gasteiger charge is 2.03.